The Morgan fingerprint density at radius 2 is 1.85 bits per heavy atom. The van der Waals surface area contributed by atoms with Gasteiger partial charge in [-0.1, -0.05) is 0 Å². The zero-order chi connectivity index (χ0) is 25.2. The Morgan fingerprint density at radius 1 is 1.18 bits per heavy atom. The van der Waals surface area contributed by atoms with Gasteiger partial charge in [0.2, 0.25) is 0 Å². The van der Waals surface area contributed by atoms with E-state index in [1.54, 1.807) is 46.0 Å². The molecule has 34 heavy (non-hydrogen) atoms. The number of ether oxygens (including phenoxy) is 2. The van der Waals surface area contributed by atoms with E-state index in [0.717, 1.165) is 0 Å². The number of esters is 1. The second kappa shape index (κ2) is 9.84. The Labute approximate surface area is 197 Å². The van der Waals surface area contributed by atoms with Crippen molar-refractivity contribution < 1.29 is 24.3 Å². The lowest BCUT2D eigenvalue weighted by molar-refractivity contribution is -0.383. The van der Waals surface area contributed by atoms with Crippen LogP contribution in [0.3, 0.4) is 0 Å². The molecule has 3 rings (SSSR count). The summed E-state index contributed by atoms with van der Waals surface area (Å²) in [7, 11) is 8.76. The van der Waals surface area contributed by atoms with E-state index in [2.05, 4.69) is 0 Å². The quantitative estimate of drug-likeness (QED) is 0.230. The highest BCUT2D eigenvalue weighted by Gasteiger charge is 2.29. The summed E-state index contributed by atoms with van der Waals surface area (Å²) in [5.41, 5.74) is 1.79. The minimum atomic E-state index is -0.498. The maximum absolute atomic E-state index is 12.3. The molecular formula is C24H28N4O6. The van der Waals surface area contributed by atoms with Gasteiger partial charge in [0.1, 0.15) is 11.4 Å². The summed E-state index contributed by atoms with van der Waals surface area (Å²) in [6.45, 7) is 1.65. The first-order valence-electron chi connectivity index (χ1n) is 10.4. The first-order chi connectivity index (χ1) is 16.0. The number of aromatic nitrogens is 1. The Hall–Kier alpha value is -4.05. The Kier molecular flexibility index (Phi) is 7.11. The van der Waals surface area contributed by atoms with Crippen LogP contribution in [0.1, 0.15) is 18.2 Å². The van der Waals surface area contributed by atoms with E-state index < -0.39 is 10.9 Å². The van der Waals surface area contributed by atoms with Crippen molar-refractivity contribution in [2.75, 3.05) is 35.3 Å². The average Bonchev–Trinajstić information content (AvgIpc) is 3.07. The van der Waals surface area contributed by atoms with Crippen LogP contribution in [0.4, 0.5) is 5.69 Å². The highest BCUT2D eigenvalue weighted by Crippen LogP contribution is 2.42. The molecule has 0 amide bonds. The molecule has 0 atom stereocenters. The van der Waals surface area contributed by atoms with Crippen molar-refractivity contribution in [3.63, 3.8) is 0 Å². The van der Waals surface area contributed by atoms with Gasteiger partial charge in [-0.05, 0) is 44.4 Å². The minimum Gasteiger partial charge on any atom is -0.504 e. The molecule has 1 N–H and O–H groups in total. The Morgan fingerprint density at radius 3 is 2.38 bits per heavy atom. The van der Waals surface area contributed by atoms with Crippen LogP contribution < -0.4 is 9.47 Å². The SMILES string of the molecule is COc1ccc(-n2c(C=CN(C)C)c([N+](=O)[O-])c3ccc(OC(C)=O)c(CN(C)C)c32)cc1O. The predicted molar refractivity (Wildman–Crippen MR) is 130 cm³/mol. The third kappa shape index (κ3) is 4.81. The molecule has 0 saturated carbocycles. The van der Waals surface area contributed by atoms with Crippen molar-refractivity contribution in [1.29, 1.82) is 0 Å². The summed E-state index contributed by atoms with van der Waals surface area (Å²) < 4.78 is 12.3. The second-order valence-corrected chi connectivity index (χ2v) is 8.23. The molecule has 180 valence electrons. The summed E-state index contributed by atoms with van der Waals surface area (Å²) >= 11 is 0. The van der Waals surface area contributed by atoms with Gasteiger partial charge in [0.15, 0.2) is 11.5 Å². The normalized spacial score (nSPS) is 11.4. The van der Waals surface area contributed by atoms with Crippen molar-refractivity contribution >= 4 is 28.6 Å². The zero-order valence-corrected chi connectivity index (χ0v) is 20.0. The van der Waals surface area contributed by atoms with Gasteiger partial charge in [-0.25, -0.2) is 0 Å². The maximum Gasteiger partial charge on any atom is 0.308 e. The fraction of sp³-hybridized carbons (Fsp3) is 0.292. The van der Waals surface area contributed by atoms with Crippen molar-refractivity contribution in [3.8, 4) is 22.9 Å². The van der Waals surface area contributed by atoms with Gasteiger partial charge < -0.3 is 28.9 Å². The topological polar surface area (TPSA) is 110 Å². The number of benzene rings is 2. The summed E-state index contributed by atoms with van der Waals surface area (Å²) in [6.07, 6.45) is 3.35. The number of phenols is 1. The molecule has 1 aromatic heterocycles. The van der Waals surface area contributed by atoms with Gasteiger partial charge in [-0.15, -0.1) is 0 Å². The van der Waals surface area contributed by atoms with Crippen LogP contribution in [-0.4, -0.2) is 65.7 Å². The third-order valence-electron chi connectivity index (χ3n) is 5.06. The smallest absolute Gasteiger partial charge is 0.308 e. The lowest BCUT2D eigenvalue weighted by Gasteiger charge is -2.18. The number of aromatic hydroxyl groups is 1. The molecule has 0 aliphatic carbocycles. The van der Waals surface area contributed by atoms with E-state index in [1.165, 1.54) is 20.1 Å². The fourth-order valence-corrected chi connectivity index (χ4v) is 3.80. The van der Waals surface area contributed by atoms with E-state index in [1.807, 2.05) is 33.1 Å². The predicted octanol–water partition coefficient (Wildman–Crippen LogP) is 3.77. The molecule has 0 fully saturated rings. The highest BCUT2D eigenvalue weighted by molar-refractivity contribution is 5.99. The lowest BCUT2D eigenvalue weighted by atomic mass is 10.1. The molecule has 0 bridgehead atoms. The first kappa shape index (κ1) is 24.6. The molecule has 10 heteroatoms. The molecule has 0 radical (unpaired) electrons. The fourth-order valence-electron chi connectivity index (χ4n) is 3.80. The number of rotatable bonds is 8. The molecule has 3 aromatic rings. The standard InChI is InChI=1S/C24H28N4O6/c1-15(29)34-21-10-8-17-23(18(21)14-26(4)5)27(16-7-9-22(33-6)20(30)13-16)19(11-12-25(2)3)24(17)28(31)32/h7-13,30H,14H2,1-6H3. The van der Waals surface area contributed by atoms with Gasteiger partial charge in [0, 0.05) is 45.4 Å². The summed E-state index contributed by atoms with van der Waals surface area (Å²) in [5, 5.41) is 23.1. The summed E-state index contributed by atoms with van der Waals surface area (Å²) in [4.78, 5) is 27.3. The minimum absolute atomic E-state index is 0.0993. The second-order valence-electron chi connectivity index (χ2n) is 8.23. The van der Waals surface area contributed by atoms with Crippen LogP contribution in [0, 0.1) is 10.1 Å². The molecule has 10 nitrogen and oxygen atoms in total. The zero-order valence-electron chi connectivity index (χ0n) is 20.0. The van der Waals surface area contributed by atoms with Gasteiger partial charge in [-0.2, -0.15) is 0 Å². The van der Waals surface area contributed by atoms with E-state index in [0.29, 0.717) is 40.1 Å². The Bertz CT molecular complexity index is 1280. The van der Waals surface area contributed by atoms with Crippen molar-refractivity contribution in [2.24, 2.45) is 0 Å². The molecule has 0 spiro atoms. The first-order valence-corrected chi connectivity index (χ1v) is 10.4. The molecule has 0 aliphatic heterocycles. The van der Waals surface area contributed by atoms with Crippen LogP contribution in [-0.2, 0) is 11.3 Å². The molecule has 1 heterocycles. The number of phenolic OH excluding ortho intramolecular Hbond substituents is 1. The number of carbonyl (C=O) groups excluding carboxylic acids is 1. The largest absolute Gasteiger partial charge is 0.504 e. The van der Waals surface area contributed by atoms with Crippen molar-refractivity contribution in [2.45, 2.75) is 13.5 Å². The highest BCUT2D eigenvalue weighted by atomic mass is 16.6. The van der Waals surface area contributed by atoms with Crippen LogP contribution >= 0.6 is 0 Å². The number of hydrogen-bond donors (Lipinski definition) is 1. The molecule has 0 aliphatic rings. The monoisotopic (exact) mass is 468 g/mol. The summed E-state index contributed by atoms with van der Waals surface area (Å²) in [5.74, 6) is -0.0310. The molecule has 2 aromatic carbocycles. The van der Waals surface area contributed by atoms with E-state index >= 15 is 0 Å². The van der Waals surface area contributed by atoms with E-state index in [4.69, 9.17) is 9.47 Å². The van der Waals surface area contributed by atoms with Gasteiger partial charge in [0.25, 0.3) is 0 Å². The van der Waals surface area contributed by atoms with Crippen LogP contribution in [0.25, 0.3) is 22.7 Å². The molecule has 0 unspecified atom stereocenters. The van der Waals surface area contributed by atoms with E-state index in [9.17, 15) is 20.0 Å². The molecule has 0 saturated heterocycles. The third-order valence-corrected chi connectivity index (χ3v) is 5.06. The van der Waals surface area contributed by atoms with Gasteiger partial charge in [-0.3, -0.25) is 14.9 Å². The number of nitrogens with zero attached hydrogens (tertiary/aromatic N) is 4. The van der Waals surface area contributed by atoms with Gasteiger partial charge in [0.05, 0.1) is 28.6 Å². The number of carbonyl (C=O) groups is 1. The molecular weight excluding hydrogens is 440 g/mol. The Balaban J connectivity index is 2.54. The number of hydrogen-bond acceptors (Lipinski definition) is 8. The van der Waals surface area contributed by atoms with Crippen molar-refractivity contribution in [3.05, 3.63) is 57.9 Å². The van der Waals surface area contributed by atoms with Crippen LogP contribution in [0.2, 0.25) is 0 Å². The van der Waals surface area contributed by atoms with E-state index in [-0.39, 0.29) is 17.2 Å². The number of methoxy groups -OCH3 is 1. The maximum atomic E-state index is 12.3. The summed E-state index contributed by atoms with van der Waals surface area (Å²) in [6, 6.07) is 7.92. The van der Waals surface area contributed by atoms with Gasteiger partial charge >= 0.3 is 11.7 Å². The van der Waals surface area contributed by atoms with Crippen molar-refractivity contribution in [1.82, 2.24) is 14.4 Å². The van der Waals surface area contributed by atoms with Crippen LogP contribution in [0.15, 0.2) is 36.5 Å². The number of fused-ring (bicyclic) bond motifs is 1. The average molecular weight is 469 g/mol. The van der Waals surface area contributed by atoms with Crippen LogP contribution in [0.5, 0.6) is 17.2 Å². The lowest BCUT2D eigenvalue weighted by Crippen LogP contribution is -2.14. The number of nitro groups is 1.